The molecule has 0 spiro atoms. The molecule has 7 nitrogen and oxygen atoms in total. The Kier molecular flexibility index (Phi) is 7.13. The number of guanidine groups is 1. The highest BCUT2D eigenvalue weighted by Gasteiger charge is 2.14. The normalized spacial score (nSPS) is 9.63. The fraction of sp³-hybridized carbons (Fsp3) is 0.273. The van der Waals surface area contributed by atoms with Crippen molar-refractivity contribution < 1.29 is 14.2 Å². The molecule has 1 aromatic rings. The second-order valence-electron chi connectivity index (χ2n) is 3.19. The van der Waals surface area contributed by atoms with E-state index in [0.29, 0.717) is 22.8 Å². The van der Waals surface area contributed by atoms with E-state index in [1.807, 2.05) is 0 Å². The maximum absolute atomic E-state index is 5.26. The van der Waals surface area contributed by atoms with Gasteiger partial charge in [0.1, 0.15) is 0 Å². The summed E-state index contributed by atoms with van der Waals surface area (Å²) >= 11 is 0. The summed E-state index contributed by atoms with van der Waals surface area (Å²) in [5.41, 5.74) is 11.0. The molecule has 0 fully saturated rings. The molecular formula is C11H17ClN4O3. The molecule has 4 N–H and O–H groups in total. The number of benzene rings is 1. The number of rotatable bonds is 5. The minimum absolute atomic E-state index is 0. The molecule has 0 aromatic heterocycles. The van der Waals surface area contributed by atoms with Gasteiger partial charge in [-0.2, -0.15) is 5.10 Å². The molecule has 0 atom stereocenters. The second kappa shape index (κ2) is 8.04. The van der Waals surface area contributed by atoms with Crippen molar-refractivity contribution in [2.24, 2.45) is 21.7 Å². The molecule has 1 aromatic carbocycles. The van der Waals surface area contributed by atoms with Crippen molar-refractivity contribution in [1.29, 1.82) is 0 Å². The third-order valence-corrected chi connectivity index (χ3v) is 2.10. The molecule has 0 radical (unpaired) electrons. The topological polar surface area (TPSA) is 104 Å². The lowest BCUT2D eigenvalue weighted by molar-refractivity contribution is 0.324. The van der Waals surface area contributed by atoms with Gasteiger partial charge in [-0.15, -0.1) is 17.5 Å². The van der Waals surface area contributed by atoms with Gasteiger partial charge in [0.2, 0.25) is 11.7 Å². The van der Waals surface area contributed by atoms with Crippen LogP contribution in [0, 0.1) is 0 Å². The Morgan fingerprint density at radius 3 is 2.16 bits per heavy atom. The van der Waals surface area contributed by atoms with Crippen LogP contribution in [0.3, 0.4) is 0 Å². The Hall–Kier alpha value is -2.15. The molecule has 106 valence electrons. The first kappa shape index (κ1) is 16.9. The summed E-state index contributed by atoms with van der Waals surface area (Å²) in [5.74, 6) is 1.42. The van der Waals surface area contributed by atoms with Crippen LogP contribution in [0.25, 0.3) is 0 Å². The molecule has 0 heterocycles. The van der Waals surface area contributed by atoms with Crippen molar-refractivity contribution in [3.63, 3.8) is 0 Å². The zero-order chi connectivity index (χ0) is 13.5. The highest BCUT2D eigenvalue weighted by atomic mass is 35.5. The van der Waals surface area contributed by atoms with E-state index in [9.17, 15) is 0 Å². The molecule has 0 amide bonds. The van der Waals surface area contributed by atoms with Crippen molar-refractivity contribution >= 4 is 24.6 Å². The summed E-state index contributed by atoms with van der Waals surface area (Å²) in [5, 5.41) is 7.22. The Labute approximate surface area is 117 Å². The van der Waals surface area contributed by atoms with Gasteiger partial charge < -0.3 is 25.7 Å². The predicted molar refractivity (Wildman–Crippen MR) is 76.7 cm³/mol. The van der Waals surface area contributed by atoms with E-state index in [1.54, 1.807) is 19.2 Å². The van der Waals surface area contributed by atoms with Gasteiger partial charge in [0.05, 0.1) is 27.5 Å². The number of nitrogens with two attached hydrogens (primary N) is 2. The maximum Gasteiger partial charge on any atom is 0.211 e. The number of nitrogens with zero attached hydrogens (tertiary/aromatic N) is 2. The van der Waals surface area contributed by atoms with Gasteiger partial charge in [-0.1, -0.05) is 0 Å². The van der Waals surface area contributed by atoms with Crippen LogP contribution in [0.15, 0.2) is 22.3 Å². The molecule has 8 heteroatoms. The lowest BCUT2D eigenvalue weighted by atomic mass is 10.2. The molecule has 0 aliphatic carbocycles. The van der Waals surface area contributed by atoms with Gasteiger partial charge >= 0.3 is 0 Å². The van der Waals surface area contributed by atoms with Crippen molar-refractivity contribution in [3.05, 3.63) is 17.7 Å². The molecule has 19 heavy (non-hydrogen) atoms. The van der Waals surface area contributed by atoms with Crippen LogP contribution < -0.4 is 25.7 Å². The van der Waals surface area contributed by atoms with Crippen LogP contribution in [0.2, 0.25) is 0 Å². The summed E-state index contributed by atoms with van der Waals surface area (Å²) < 4.78 is 15.6. The Morgan fingerprint density at radius 2 is 1.68 bits per heavy atom. The molecule has 0 unspecified atom stereocenters. The molecule has 1 rings (SSSR count). The highest BCUT2D eigenvalue weighted by molar-refractivity contribution is 5.87. The summed E-state index contributed by atoms with van der Waals surface area (Å²) in [4.78, 5) is 0. The zero-order valence-corrected chi connectivity index (χ0v) is 11.7. The third kappa shape index (κ3) is 4.22. The average Bonchev–Trinajstić information content (AvgIpc) is 2.37. The van der Waals surface area contributed by atoms with Crippen molar-refractivity contribution in [3.8, 4) is 17.2 Å². The first-order valence-electron chi connectivity index (χ1n) is 5.05. The fourth-order valence-electron chi connectivity index (χ4n) is 1.38. The van der Waals surface area contributed by atoms with E-state index < -0.39 is 0 Å². The van der Waals surface area contributed by atoms with Crippen molar-refractivity contribution in [2.75, 3.05) is 21.3 Å². The third-order valence-electron chi connectivity index (χ3n) is 2.10. The number of ether oxygens (including phenoxy) is 3. The Morgan fingerprint density at radius 1 is 1.05 bits per heavy atom. The van der Waals surface area contributed by atoms with Crippen molar-refractivity contribution in [2.45, 2.75) is 0 Å². The molecule has 0 saturated heterocycles. The van der Waals surface area contributed by atoms with Crippen LogP contribution in [0.1, 0.15) is 5.56 Å². The molecule has 0 bridgehead atoms. The molecule has 0 aliphatic heterocycles. The van der Waals surface area contributed by atoms with E-state index in [4.69, 9.17) is 25.7 Å². The maximum atomic E-state index is 5.26. The standard InChI is InChI=1S/C11H16N4O3.ClH/c1-16-8-5-4-7(6-14-15-11(12)13)9(17-2)10(8)18-3;/h4-6H,1-3H3,(H4,12,13,15);1H/b14-6+;. The van der Waals surface area contributed by atoms with Crippen LogP contribution in [0.4, 0.5) is 0 Å². The fourth-order valence-corrected chi connectivity index (χ4v) is 1.38. The lowest BCUT2D eigenvalue weighted by Crippen LogP contribution is -2.21. The largest absolute Gasteiger partial charge is 0.493 e. The summed E-state index contributed by atoms with van der Waals surface area (Å²) in [6.45, 7) is 0. The van der Waals surface area contributed by atoms with Gasteiger partial charge in [-0.25, -0.2) is 0 Å². The summed E-state index contributed by atoms with van der Waals surface area (Å²) in [7, 11) is 4.59. The van der Waals surface area contributed by atoms with Crippen LogP contribution >= 0.6 is 12.4 Å². The SMILES string of the molecule is COc1ccc(/C=N/N=C(N)N)c(OC)c1OC.Cl. The average molecular weight is 289 g/mol. The van der Waals surface area contributed by atoms with E-state index in [0.717, 1.165) is 0 Å². The van der Waals surface area contributed by atoms with Crippen LogP contribution in [0.5, 0.6) is 17.2 Å². The van der Waals surface area contributed by atoms with Gasteiger partial charge in [0, 0.05) is 5.56 Å². The van der Waals surface area contributed by atoms with Crippen LogP contribution in [-0.4, -0.2) is 33.5 Å². The second-order valence-corrected chi connectivity index (χ2v) is 3.19. The predicted octanol–water partition coefficient (Wildman–Crippen LogP) is 0.742. The monoisotopic (exact) mass is 288 g/mol. The van der Waals surface area contributed by atoms with Gasteiger partial charge in [-0.05, 0) is 12.1 Å². The highest BCUT2D eigenvalue weighted by Crippen LogP contribution is 2.38. The number of hydrogen-bond acceptors (Lipinski definition) is 5. The van der Waals surface area contributed by atoms with Crippen LogP contribution in [-0.2, 0) is 0 Å². The van der Waals surface area contributed by atoms with E-state index in [-0.39, 0.29) is 18.4 Å². The minimum Gasteiger partial charge on any atom is -0.493 e. The van der Waals surface area contributed by atoms with E-state index >= 15 is 0 Å². The number of methoxy groups -OCH3 is 3. The molecule has 0 aliphatic rings. The first-order valence-corrected chi connectivity index (χ1v) is 5.05. The molecule has 0 saturated carbocycles. The smallest absolute Gasteiger partial charge is 0.211 e. The van der Waals surface area contributed by atoms with Crippen molar-refractivity contribution in [1.82, 2.24) is 0 Å². The van der Waals surface area contributed by atoms with Gasteiger partial charge in [0.15, 0.2) is 11.5 Å². The van der Waals surface area contributed by atoms with E-state index in [1.165, 1.54) is 20.4 Å². The summed E-state index contributed by atoms with van der Waals surface area (Å²) in [6.07, 6.45) is 1.46. The number of halogens is 1. The minimum atomic E-state index is -0.120. The molecular weight excluding hydrogens is 272 g/mol. The zero-order valence-electron chi connectivity index (χ0n) is 10.9. The Balaban J connectivity index is 0.00000324. The van der Waals surface area contributed by atoms with E-state index in [2.05, 4.69) is 10.2 Å². The van der Waals surface area contributed by atoms with Gasteiger partial charge in [-0.3, -0.25) is 0 Å². The van der Waals surface area contributed by atoms with Gasteiger partial charge in [0.25, 0.3) is 0 Å². The quantitative estimate of drug-likeness (QED) is 0.472. The Bertz CT molecular complexity index is 473. The first-order chi connectivity index (χ1) is 8.63. The number of hydrogen-bond donors (Lipinski definition) is 2. The summed E-state index contributed by atoms with van der Waals surface area (Å²) in [6, 6.07) is 3.49. The lowest BCUT2D eigenvalue weighted by Gasteiger charge is -2.13.